The highest BCUT2D eigenvalue weighted by Crippen LogP contribution is 2.28. The lowest BCUT2D eigenvalue weighted by Gasteiger charge is -2.25. The maximum Gasteiger partial charge on any atom is 0.227 e. The van der Waals surface area contributed by atoms with E-state index in [1.54, 1.807) is 0 Å². The molecule has 1 saturated carbocycles. The molecule has 6 nitrogen and oxygen atoms in total. The van der Waals surface area contributed by atoms with Crippen LogP contribution in [0.1, 0.15) is 40.5 Å². The van der Waals surface area contributed by atoms with Gasteiger partial charge in [0.25, 0.3) is 0 Å². The molecule has 24 heavy (non-hydrogen) atoms. The molecule has 1 rings (SSSR count). The van der Waals surface area contributed by atoms with Crippen molar-refractivity contribution in [2.75, 3.05) is 46.4 Å². The van der Waals surface area contributed by atoms with Crippen LogP contribution >= 0.6 is 24.0 Å². The van der Waals surface area contributed by atoms with Gasteiger partial charge in [-0.15, -0.1) is 24.0 Å². The Labute approximate surface area is 164 Å². The average Bonchev–Trinajstić information content (AvgIpc) is 3.32. The lowest BCUT2D eigenvalue weighted by molar-refractivity contribution is -0.128. The van der Waals surface area contributed by atoms with Gasteiger partial charge < -0.3 is 20.3 Å². The van der Waals surface area contributed by atoms with Gasteiger partial charge in [0.05, 0.1) is 18.6 Å². The third-order valence-electron chi connectivity index (χ3n) is 3.89. The molecule has 0 aromatic carbocycles. The van der Waals surface area contributed by atoms with Crippen LogP contribution in [0.2, 0.25) is 0 Å². The lowest BCUT2D eigenvalue weighted by Crippen LogP contribution is -2.43. The summed E-state index contributed by atoms with van der Waals surface area (Å²) in [5.41, 5.74) is -0.514. The largest absolute Gasteiger partial charge is 0.379 e. The molecule has 1 fully saturated rings. The van der Waals surface area contributed by atoms with Gasteiger partial charge in [0.1, 0.15) is 0 Å². The van der Waals surface area contributed by atoms with Gasteiger partial charge in [0, 0.05) is 33.3 Å². The van der Waals surface area contributed by atoms with Gasteiger partial charge in [-0.3, -0.25) is 9.79 Å². The zero-order valence-electron chi connectivity index (χ0n) is 15.9. The third kappa shape index (κ3) is 9.05. The maximum absolute atomic E-state index is 12.1. The summed E-state index contributed by atoms with van der Waals surface area (Å²) >= 11 is 0. The van der Waals surface area contributed by atoms with Crippen LogP contribution in [-0.2, 0) is 9.53 Å². The first-order valence-electron chi connectivity index (χ1n) is 8.76. The third-order valence-corrected chi connectivity index (χ3v) is 3.89. The van der Waals surface area contributed by atoms with E-state index >= 15 is 0 Å². The highest BCUT2D eigenvalue weighted by atomic mass is 127. The molecule has 0 radical (unpaired) electrons. The molecule has 0 saturated heterocycles. The van der Waals surface area contributed by atoms with E-state index in [0.717, 1.165) is 31.6 Å². The van der Waals surface area contributed by atoms with E-state index in [0.29, 0.717) is 19.7 Å². The number of nitrogens with one attached hydrogen (secondary N) is 2. The fourth-order valence-corrected chi connectivity index (χ4v) is 2.06. The molecule has 1 aliphatic rings. The number of hydrogen-bond donors (Lipinski definition) is 2. The highest BCUT2D eigenvalue weighted by Gasteiger charge is 2.27. The molecule has 0 unspecified atom stereocenters. The molecule has 0 atom stereocenters. The van der Waals surface area contributed by atoms with E-state index in [4.69, 9.17) is 4.74 Å². The second-order valence-electron chi connectivity index (χ2n) is 6.85. The standard InChI is InChI=1S/C17H34N4O2.HI/c1-6-18-15(22)17(3,4)13-20-16(19-7-2)21(5)10-11-23-12-14-8-9-14;/h14H,6-13H2,1-5H3,(H,18,22)(H,19,20);1H. The number of likely N-dealkylation sites (N-methyl/N-ethyl adjacent to an activating group) is 1. The van der Waals surface area contributed by atoms with Crippen LogP contribution in [0.4, 0.5) is 0 Å². The molecule has 0 aromatic heterocycles. The van der Waals surface area contributed by atoms with Gasteiger partial charge in [-0.05, 0) is 46.5 Å². The van der Waals surface area contributed by atoms with E-state index in [1.807, 2.05) is 34.7 Å². The number of rotatable bonds is 10. The Balaban J connectivity index is 0.00000529. The molecule has 1 amide bonds. The van der Waals surface area contributed by atoms with E-state index in [9.17, 15) is 4.79 Å². The molecule has 1 aliphatic carbocycles. The molecule has 0 aliphatic heterocycles. The van der Waals surface area contributed by atoms with Crippen molar-refractivity contribution >= 4 is 35.8 Å². The molecule has 7 heteroatoms. The van der Waals surface area contributed by atoms with Crippen molar-refractivity contribution in [1.29, 1.82) is 0 Å². The Hall–Kier alpha value is -0.570. The Morgan fingerprint density at radius 2 is 1.88 bits per heavy atom. The van der Waals surface area contributed by atoms with Gasteiger partial charge in [0.15, 0.2) is 5.96 Å². The van der Waals surface area contributed by atoms with E-state index in [2.05, 4.69) is 20.5 Å². The van der Waals surface area contributed by atoms with Gasteiger partial charge in [0.2, 0.25) is 5.91 Å². The second-order valence-corrected chi connectivity index (χ2v) is 6.85. The first-order chi connectivity index (χ1) is 10.9. The second kappa shape index (κ2) is 11.9. The minimum atomic E-state index is -0.514. The highest BCUT2D eigenvalue weighted by molar-refractivity contribution is 14.0. The number of carbonyl (C=O) groups is 1. The van der Waals surface area contributed by atoms with Crippen LogP contribution in [-0.4, -0.2) is 63.2 Å². The van der Waals surface area contributed by atoms with Crippen LogP contribution in [0.15, 0.2) is 4.99 Å². The van der Waals surface area contributed by atoms with Crippen molar-refractivity contribution in [3.8, 4) is 0 Å². The predicted octanol–water partition coefficient (Wildman–Crippen LogP) is 2.09. The molecule has 0 spiro atoms. The van der Waals surface area contributed by atoms with Crippen molar-refractivity contribution in [3.63, 3.8) is 0 Å². The SMILES string of the molecule is CCNC(=O)C(C)(C)CN=C(NCC)N(C)CCOCC1CC1.I. The topological polar surface area (TPSA) is 66.0 Å². The Morgan fingerprint density at radius 3 is 2.42 bits per heavy atom. The molecular formula is C17H35IN4O2. The molecule has 0 aromatic rings. The van der Waals surface area contributed by atoms with Gasteiger partial charge >= 0.3 is 0 Å². The summed E-state index contributed by atoms with van der Waals surface area (Å²) < 4.78 is 5.68. The fraction of sp³-hybridized carbons (Fsp3) is 0.882. The number of halogens is 1. The van der Waals surface area contributed by atoms with E-state index in [-0.39, 0.29) is 29.9 Å². The monoisotopic (exact) mass is 454 g/mol. The summed E-state index contributed by atoms with van der Waals surface area (Å²) in [6.45, 7) is 12.1. The summed E-state index contributed by atoms with van der Waals surface area (Å²) in [6.07, 6.45) is 2.63. The van der Waals surface area contributed by atoms with Crippen molar-refractivity contribution in [1.82, 2.24) is 15.5 Å². The normalized spacial score (nSPS) is 14.8. The van der Waals surface area contributed by atoms with Crippen molar-refractivity contribution < 1.29 is 9.53 Å². The number of carbonyl (C=O) groups excluding carboxylic acids is 1. The fourth-order valence-electron chi connectivity index (χ4n) is 2.06. The van der Waals surface area contributed by atoms with Crippen LogP contribution in [0.5, 0.6) is 0 Å². The van der Waals surface area contributed by atoms with Crippen molar-refractivity contribution in [2.24, 2.45) is 16.3 Å². The van der Waals surface area contributed by atoms with Crippen LogP contribution in [0.3, 0.4) is 0 Å². The number of ether oxygens (including phenoxy) is 1. The summed E-state index contributed by atoms with van der Waals surface area (Å²) in [5.74, 6) is 1.65. The van der Waals surface area contributed by atoms with Gasteiger partial charge in [-0.1, -0.05) is 0 Å². The molecular weight excluding hydrogens is 419 g/mol. The summed E-state index contributed by atoms with van der Waals surface area (Å²) in [6, 6.07) is 0. The quantitative estimate of drug-likeness (QED) is 0.230. The lowest BCUT2D eigenvalue weighted by atomic mass is 9.92. The van der Waals surface area contributed by atoms with Crippen LogP contribution in [0.25, 0.3) is 0 Å². The number of aliphatic imine (C=N–C) groups is 1. The molecule has 2 N–H and O–H groups in total. The number of guanidine groups is 1. The van der Waals surface area contributed by atoms with Gasteiger partial charge in [-0.25, -0.2) is 0 Å². The van der Waals surface area contributed by atoms with Crippen molar-refractivity contribution in [3.05, 3.63) is 0 Å². The van der Waals surface area contributed by atoms with Crippen LogP contribution in [0, 0.1) is 11.3 Å². The van der Waals surface area contributed by atoms with Crippen LogP contribution < -0.4 is 10.6 Å². The first-order valence-corrected chi connectivity index (χ1v) is 8.76. The van der Waals surface area contributed by atoms with Crippen molar-refractivity contribution in [2.45, 2.75) is 40.5 Å². The van der Waals surface area contributed by atoms with E-state index < -0.39 is 5.41 Å². The van der Waals surface area contributed by atoms with Gasteiger partial charge in [-0.2, -0.15) is 0 Å². The molecule has 142 valence electrons. The predicted molar refractivity (Wildman–Crippen MR) is 110 cm³/mol. The number of hydrogen-bond acceptors (Lipinski definition) is 3. The molecule has 0 heterocycles. The average molecular weight is 454 g/mol. The maximum atomic E-state index is 12.1. The Kier molecular flexibility index (Phi) is 11.6. The minimum absolute atomic E-state index is 0. The summed E-state index contributed by atoms with van der Waals surface area (Å²) in [5, 5.41) is 6.14. The Bertz CT molecular complexity index is 398. The molecule has 0 bridgehead atoms. The number of nitrogens with zero attached hydrogens (tertiary/aromatic N) is 2. The van der Waals surface area contributed by atoms with E-state index in [1.165, 1.54) is 12.8 Å². The number of amides is 1. The smallest absolute Gasteiger partial charge is 0.227 e. The Morgan fingerprint density at radius 1 is 1.25 bits per heavy atom. The zero-order valence-corrected chi connectivity index (χ0v) is 18.2. The minimum Gasteiger partial charge on any atom is -0.379 e. The first kappa shape index (κ1) is 23.4. The zero-order chi connectivity index (χ0) is 17.3. The summed E-state index contributed by atoms with van der Waals surface area (Å²) in [4.78, 5) is 18.7. The summed E-state index contributed by atoms with van der Waals surface area (Å²) in [7, 11) is 2.00.